The number of esters is 1. The average molecular weight is 429 g/mol. The normalized spacial score (nSPS) is 11.1. The summed E-state index contributed by atoms with van der Waals surface area (Å²) in [5.74, 6) is -0.788. The van der Waals surface area contributed by atoms with Gasteiger partial charge in [0.1, 0.15) is 0 Å². The number of nitrogens with one attached hydrogen (secondary N) is 1. The second kappa shape index (κ2) is 8.95. The zero-order valence-corrected chi connectivity index (χ0v) is 16.7. The first-order valence-electron chi connectivity index (χ1n) is 9.29. The molecule has 160 valence electrons. The summed E-state index contributed by atoms with van der Waals surface area (Å²) in [6.07, 6.45) is -3.12. The molecule has 0 spiro atoms. The number of alkyl halides is 3. The quantitative estimate of drug-likeness (QED) is 0.584. The van der Waals surface area contributed by atoms with Crippen LogP contribution in [0.4, 0.5) is 18.9 Å². The van der Waals surface area contributed by atoms with Crippen LogP contribution in [0.5, 0.6) is 0 Å². The Bertz CT molecular complexity index is 1110. The average Bonchev–Trinajstić information content (AvgIpc) is 2.73. The van der Waals surface area contributed by atoms with Crippen LogP contribution in [0.3, 0.4) is 0 Å². The summed E-state index contributed by atoms with van der Waals surface area (Å²) in [4.78, 5) is 32.8. The van der Waals surface area contributed by atoms with Crippen molar-refractivity contribution < 1.29 is 27.5 Å². The largest absolute Gasteiger partial charge is 0.462 e. The van der Waals surface area contributed by atoms with Gasteiger partial charge >= 0.3 is 12.1 Å². The van der Waals surface area contributed by atoms with E-state index < -0.39 is 23.6 Å². The summed E-state index contributed by atoms with van der Waals surface area (Å²) in [6, 6.07) is 10.7. The molecule has 0 bridgehead atoms. The highest BCUT2D eigenvalue weighted by atomic mass is 19.4. The van der Waals surface area contributed by atoms with E-state index in [9.17, 15) is 22.8 Å². The van der Waals surface area contributed by atoms with Gasteiger partial charge in [-0.2, -0.15) is 13.2 Å². The predicted octanol–water partition coefficient (Wildman–Crippen LogP) is 4.90. The zero-order chi connectivity index (χ0) is 22.6. The van der Waals surface area contributed by atoms with Crippen LogP contribution in [0.2, 0.25) is 0 Å². The zero-order valence-electron chi connectivity index (χ0n) is 16.7. The highest BCUT2D eigenvalue weighted by Crippen LogP contribution is 2.30. The van der Waals surface area contributed by atoms with Gasteiger partial charge in [-0.1, -0.05) is 18.2 Å². The van der Waals surface area contributed by atoms with E-state index in [2.05, 4.69) is 15.3 Å². The third kappa shape index (κ3) is 5.25. The molecule has 0 radical (unpaired) electrons. The van der Waals surface area contributed by atoms with E-state index in [0.29, 0.717) is 22.5 Å². The summed E-state index contributed by atoms with van der Waals surface area (Å²) in [7, 11) is 0. The summed E-state index contributed by atoms with van der Waals surface area (Å²) in [6.45, 7) is 3.52. The number of aromatic nitrogens is 2. The third-order valence-corrected chi connectivity index (χ3v) is 4.33. The topological polar surface area (TPSA) is 81.2 Å². The van der Waals surface area contributed by atoms with Gasteiger partial charge in [-0.05, 0) is 44.2 Å². The molecule has 0 aliphatic rings. The Morgan fingerprint density at radius 3 is 2.42 bits per heavy atom. The van der Waals surface area contributed by atoms with Gasteiger partial charge < -0.3 is 10.1 Å². The SMILES string of the molecule is CCOC(=O)c1cccc(NC(=O)c2cnc(-c3ccc(C(F)(F)F)cc3)nc2C)c1. The molecule has 3 aromatic rings. The number of ether oxygens (including phenoxy) is 1. The number of carbonyl (C=O) groups is 2. The number of nitrogens with zero attached hydrogens (tertiary/aromatic N) is 2. The molecule has 2 aromatic carbocycles. The van der Waals surface area contributed by atoms with Gasteiger partial charge in [0.2, 0.25) is 0 Å². The van der Waals surface area contributed by atoms with E-state index in [4.69, 9.17) is 4.74 Å². The van der Waals surface area contributed by atoms with Crippen LogP contribution in [0.15, 0.2) is 54.7 Å². The fourth-order valence-corrected chi connectivity index (χ4v) is 2.77. The lowest BCUT2D eigenvalue weighted by Gasteiger charge is -2.10. The van der Waals surface area contributed by atoms with Crippen molar-refractivity contribution >= 4 is 17.6 Å². The van der Waals surface area contributed by atoms with Gasteiger partial charge in [0, 0.05) is 17.4 Å². The van der Waals surface area contributed by atoms with Crippen molar-refractivity contribution in [3.05, 3.63) is 77.1 Å². The number of hydrogen-bond donors (Lipinski definition) is 1. The Morgan fingerprint density at radius 2 is 1.81 bits per heavy atom. The number of anilines is 1. The molecule has 1 amide bonds. The van der Waals surface area contributed by atoms with E-state index in [-0.39, 0.29) is 18.0 Å². The molecule has 0 fully saturated rings. The molecule has 0 aliphatic carbocycles. The number of amides is 1. The predicted molar refractivity (Wildman–Crippen MR) is 108 cm³/mol. The Labute approximate surface area is 176 Å². The van der Waals surface area contributed by atoms with E-state index in [1.165, 1.54) is 24.4 Å². The molecule has 3 rings (SSSR count). The van der Waals surface area contributed by atoms with Crippen molar-refractivity contribution in [1.82, 2.24) is 9.97 Å². The maximum Gasteiger partial charge on any atom is 0.416 e. The van der Waals surface area contributed by atoms with Gasteiger partial charge in [0.25, 0.3) is 5.91 Å². The molecule has 1 aromatic heterocycles. The standard InChI is InChI=1S/C22H18F3N3O3/c1-3-31-21(30)15-5-4-6-17(11-15)28-20(29)18-12-26-19(27-13(18)2)14-7-9-16(10-8-14)22(23,24)25/h4-12H,3H2,1-2H3,(H,28,29). The molecular weight excluding hydrogens is 411 g/mol. The monoisotopic (exact) mass is 429 g/mol. The molecule has 0 aliphatic heterocycles. The maximum absolute atomic E-state index is 12.7. The van der Waals surface area contributed by atoms with Crippen molar-refractivity contribution in [2.75, 3.05) is 11.9 Å². The minimum Gasteiger partial charge on any atom is -0.462 e. The number of hydrogen-bond acceptors (Lipinski definition) is 5. The molecular formula is C22H18F3N3O3. The number of carbonyl (C=O) groups excluding carboxylic acids is 2. The lowest BCUT2D eigenvalue weighted by Crippen LogP contribution is -2.15. The molecule has 0 saturated heterocycles. The summed E-state index contributed by atoms with van der Waals surface area (Å²) >= 11 is 0. The number of benzene rings is 2. The lowest BCUT2D eigenvalue weighted by molar-refractivity contribution is -0.137. The Kier molecular flexibility index (Phi) is 6.33. The van der Waals surface area contributed by atoms with Gasteiger partial charge in [0.05, 0.1) is 29.0 Å². The third-order valence-electron chi connectivity index (χ3n) is 4.33. The summed E-state index contributed by atoms with van der Waals surface area (Å²) in [5.41, 5.74) is 0.854. The molecule has 0 saturated carbocycles. The highest BCUT2D eigenvalue weighted by Gasteiger charge is 2.30. The van der Waals surface area contributed by atoms with Gasteiger partial charge in [0.15, 0.2) is 5.82 Å². The van der Waals surface area contributed by atoms with E-state index in [1.807, 2.05) is 0 Å². The number of halogens is 3. The molecule has 0 atom stereocenters. The summed E-state index contributed by atoms with van der Waals surface area (Å²) in [5, 5.41) is 2.67. The number of rotatable bonds is 5. The first-order valence-corrected chi connectivity index (χ1v) is 9.29. The Balaban J connectivity index is 1.78. The molecule has 1 heterocycles. The van der Waals surface area contributed by atoms with Crippen LogP contribution in [0, 0.1) is 6.92 Å². The van der Waals surface area contributed by atoms with Crippen LogP contribution < -0.4 is 5.32 Å². The lowest BCUT2D eigenvalue weighted by atomic mass is 10.1. The van der Waals surface area contributed by atoms with Crippen molar-refractivity contribution in [3.8, 4) is 11.4 Å². The van der Waals surface area contributed by atoms with Crippen LogP contribution in [-0.2, 0) is 10.9 Å². The van der Waals surface area contributed by atoms with Crippen LogP contribution in [0.25, 0.3) is 11.4 Å². The molecule has 31 heavy (non-hydrogen) atoms. The fourth-order valence-electron chi connectivity index (χ4n) is 2.77. The van der Waals surface area contributed by atoms with Crippen molar-refractivity contribution in [2.45, 2.75) is 20.0 Å². The second-order valence-corrected chi connectivity index (χ2v) is 6.52. The summed E-state index contributed by atoms with van der Waals surface area (Å²) < 4.78 is 43.1. The Morgan fingerprint density at radius 1 is 1.10 bits per heavy atom. The van der Waals surface area contributed by atoms with Crippen molar-refractivity contribution in [2.24, 2.45) is 0 Å². The minimum atomic E-state index is -4.43. The van der Waals surface area contributed by atoms with Crippen LogP contribution in [0.1, 0.15) is 38.9 Å². The van der Waals surface area contributed by atoms with Crippen LogP contribution >= 0.6 is 0 Å². The first-order chi connectivity index (χ1) is 14.7. The van der Waals surface area contributed by atoms with Crippen LogP contribution in [-0.4, -0.2) is 28.5 Å². The van der Waals surface area contributed by atoms with Crippen molar-refractivity contribution in [1.29, 1.82) is 0 Å². The van der Waals surface area contributed by atoms with E-state index in [1.54, 1.807) is 32.0 Å². The fraction of sp³-hybridized carbons (Fsp3) is 0.182. The highest BCUT2D eigenvalue weighted by molar-refractivity contribution is 6.05. The molecule has 6 nitrogen and oxygen atoms in total. The Hall–Kier alpha value is -3.75. The van der Waals surface area contributed by atoms with Crippen molar-refractivity contribution in [3.63, 3.8) is 0 Å². The van der Waals surface area contributed by atoms with Gasteiger partial charge in [-0.3, -0.25) is 4.79 Å². The van der Waals surface area contributed by atoms with E-state index in [0.717, 1.165) is 12.1 Å². The number of aryl methyl sites for hydroxylation is 1. The smallest absolute Gasteiger partial charge is 0.416 e. The molecule has 1 N–H and O–H groups in total. The second-order valence-electron chi connectivity index (χ2n) is 6.52. The molecule has 0 unspecified atom stereocenters. The minimum absolute atomic E-state index is 0.192. The van der Waals surface area contributed by atoms with Gasteiger partial charge in [-0.25, -0.2) is 14.8 Å². The maximum atomic E-state index is 12.7. The van der Waals surface area contributed by atoms with Gasteiger partial charge in [-0.15, -0.1) is 0 Å². The van der Waals surface area contributed by atoms with E-state index >= 15 is 0 Å². The molecule has 9 heteroatoms. The first kappa shape index (κ1) is 21.9.